The van der Waals surface area contributed by atoms with Crippen molar-refractivity contribution in [3.63, 3.8) is 0 Å². The number of methoxy groups -OCH3 is 1. The molecule has 1 aliphatic carbocycles. The minimum atomic E-state index is -0.326. The molecule has 19 heavy (non-hydrogen) atoms. The van der Waals surface area contributed by atoms with Crippen LogP contribution in [0.3, 0.4) is 0 Å². The van der Waals surface area contributed by atoms with Gasteiger partial charge in [-0.1, -0.05) is 6.07 Å². The van der Waals surface area contributed by atoms with Gasteiger partial charge in [-0.2, -0.15) is 0 Å². The first-order valence-corrected chi connectivity index (χ1v) is 7.29. The summed E-state index contributed by atoms with van der Waals surface area (Å²) in [6.07, 6.45) is 2.49. The highest BCUT2D eigenvalue weighted by molar-refractivity contribution is 7.10. The van der Waals surface area contributed by atoms with Gasteiger partial charge in [-0.15, -0.1) is 11.3 Å². The summed E-state index contributed by atoms with van der Waals surface area (Å²) in [5, 5.41) is 5.53. The van der Waals surface area contributed by atoms with Crippen LogP contribution in [0.4, 0.5) is 10.1 Å². The predicted octanol–water partition coefficient (Wildman–Crippen LogP) is 4.46. The predicted molar refractivity (Wildman–Crippen MR) is 76.4 cm³/mol. The van der Waals surface area contributed by atoms with Crippen LogP contribution in [0.25, 0.3) is 0 Å². The number of ether oxygens (including phenoxy) is 1. The average Bonchev–Trinajstić information content (AvgIpc) is 3.11. The van der Waals surface area contributed by atoms with Crippen LogP contribution in [0.15, 0.2) is 35.7 Å². The molecule has 0 bridgehead atoms. The van der Waals surface area contributed by atoms with Crippen LogP contribution in [0.2, 0.25) is 0 Å². The molecule has 4 heteroatoms. The van der Waals surface area contributed by atoms with Crippen molar-refractivity contribution in [2.75, 3.05) is 12.4 Å². The van der Waals surface area contributed by atoms with Crippen LogP contribution < -0.4 is 10.1 Å². The number of hydrogen-bond donors (Lipinski definition) is 1. The maximum Gasteiger partial charge on any atom is 0.167 e. The second-order valence-electron chi connectivity index (χ2n) is 4.82. The molecule has 100 valence electrons. The fraction of sp³-hybridized carbons (Fsp3) is 0.333. The van der Waals surface area contributed by atoms with Crippen molar-refractivity contribution in [1.29, 1.82) is 0 Å². The van der Waals surface area contributed by atoms with Crippen molar-refractivity contribution >= 4 is 17.0 Å². The molecule has 0 saturated heterocycles. The van der Waals surface area contributed by atoms with Crippen LogP contribution in [0.1, 0.15) is 23.8 Å². The lowest BCUT2D eigenvalue weighted by Crippen LogP contribution is -2.11. The summed E-state index contributed by atoms with van der Waals surface area (Å²) in [7, 11) is 1.48. The Hall–Kier alpha value is -1.55. The first-order chi connectivity index (χ1) is 9.28. The molecule has 1 N–H and O–H groups in total. The van der Waals surface area contributed by atoms with Gasteiger partial charge in [-0.25, -0.2) is 4.39 Å². The topological polar surface area (TPSA) is 21.3 Å². The second kappa shape index (κ2) is 5.21. The number of thiophene rings is 1. The minimum absolute atomic E-state index is 0.282. The van der Waals surface area contributed by atoms with Gasteiger partial charge in [0.05, 0.1) is 13.2 Å². The fourth-order valence-electron chi connectivity index (χ4n) is 2.25. The molecule has 1 heterocycles. The van der Waals surface area contributed by atoms with E-state index in [9.17, 15) is 4.39 Å². The summed E-state index contributed by atoms with van der Waals surface area (Å²) in [6, 6.07) is 9.53. The van der Waals surface area contributed by atoms with Crippen LogP contribution in [0.5, 0.6) is 5.75 Å². The van der Waals surface area contributed by atoms with Crippen LogP contribution >= 0.6 is 11.3 Å². The van der Waals surface area contributed by atoms with Gasteiger partial charge in [0.2, 0.25) is 0 Å². The minimum Gasteiger partial charge on any atom is -0.494 e. The second-order valence-corrected chi connectivity index (χ2v) is 5.80. The van der Waals surface area contributed by atoms with Crippen molar-refractivity contribution in [1.82, 2.24) is 0 Å². The van der Waals surface area contributed by atoms with Crippen molar-refractivity contribution in [3.8, 4) is 5.75 Å². The summed E-state index contributed by atoms with van der Waals surface area (Å²) in [5.74, 6) is 0.627. The zero-order chi connectivity index (χ0) is 13.2. The first-order valence-electron chi connectivity index (χ1n) is 6.41. The number of halogens is 1. The molecule has 2 nitrogen and oxygen atoms in total. The third-order valence-corrected chi connectivity index (χ3v) is 4.37. The molecule has 0 amide bonds. The standard InChI is InChI=1S/C15H16FNOS/c1-18-13-7-6-11(9-12(13)16)17-15(10-4-5-10)14-3-2-8-19-14/h2-3,6-10,15,17H,4-5H2,1H3. The van der Waals surface area contributed by atoms with E-state index < -0.39 is 0 Å². The number of anilines is 1. The van der Waals surface area contributed by atoms with E-state index >= 15 is 0 Å². The molecular formula is C15H16FNOS. The highest BCUT2D eigenvalue weighted by atomic mass is 32.1. The zero-order valence-corrected chi connectivity index (χ0v) is 11.5. The Labute approximate surface area is 116 Å². The zero-order valence-electron chi connectivity index (χ0n) is 10.7. The SMILES string of the molecule is COc1ccc(NC(c2cccs2)C2CC2)cc1F. The largest absolute Gasteiger partial charge is 0.494 e. The van der Waals surface area contributed by atoms with E-state index in [1.165, 1.54) is 30.9 Å². The number of hydrogen-bond acceptors (Lipinski definition) is 3. The highest BCUT2D eigenvalue weighted by Crippen LogP contribution is 2.44. The lowest BCUT2D eigenvalue weighted by Gasteiger charge is -2.18. The van der Waals surface area contributed by atoms with Gasteiger partial charge in [0.25, 0.3) is 0 Å². The quantitative estimate of drug-likeness (QED) is 0.871. The van der Waals surface area contributed by atoms with E-state index in [0.717, 1.165) is 5.69 Å². The van der Waals surface area contributed by atoms with E-state index in [0.29, 0.717) is 12.0 Å². The number of benzene rings is 1. The number of rotatable bonds is 5. The van der Waals surface area contributed by atoms with Crippen molar-refractivity contribution < 1.29 is 9.13 Å². The number of nitrogens with one attached hydrogen (secondary N) is 1. The third kappa shape index (κ3) is 2.73. The van der Waals surface area contributed by atoms with Crippen LogP contribution in [-0.2, 0) is 0 Å². The first kappa shape index (κ1) is 12.5. The third-order valence-electron chi connectivity index (χ3n) is 3.42. The molecule has 0 radical (unpaired) electrons. The van der Waals surface area contributed by atoms with Gasteiger partial charge in [0.15, 0.2) is 11.6 Å². The lowest BCUT2D eigenvalue weighted by molar-refractivity contribution is 0.386. The van der Waals surface area contributed by atoms with Gasteiger partial charge in [0, 0.05) is 16.6 Å². The highest BCUT2D eigenvalue weighted by Gasteiger charge is 2.33. The molecule has 1 saturated carbocycles. The Bertz CT molecular complexity index is 551. The van der Waals surface area contributed by atoms with Gasteiger partial charge in [0.1, 0.15) is 0 Å². The maximum atomic E-state index is 13.7. The van der Waals surface area contributed by atoms with Crippen LogP contribution in [0, 0.1) is 11.7 Å². The van der Waals surface area contributed by atoms with Crippen molar-refractivity contribution in [2.24, 2.45) is 5.92 Å². The molecule has 1 aromatic carbocycles. The van der Waals surface area contributed by atoms with E-state index in [2.05, 4.69) is 22.8 Å². The Morgan fingerprint density at radius 2 is 2.21 bits per heavy atom. The van der Waals surface area contributed by atoms with Gasteiger partial charge in [-0.3, -0.25) is 0 Å². The lowest BCUT2D eigenvalue weighted by atomic mass is 10.1. The van der Waals surface area contributed by atoms with Gasteiger partial charge in [-0.05, 0) is 42.3 Å². The maximum absolute atomic E-state index is 13.7. The summed E-state index contributed by atoms with van der Waals surface area (Å²) in [4.78, 5) is 1.32. The summed E-state index contributed by atoms with van der Waals surface area (Å²) >= 11 is 1.75. The molecule has 1 fully saturated rings. The average molecular weight is 277 g/mol. The molecule has 2 aromatic rings. The molecule has 1 aromatic heterocycles. The van der Waals surface area contributed by atoms with E-state index in [1.807, 2.05) is 6.07 Å². The van der Waals surface area contributed by atoms with E-state index in [1.54, 1.807) is 17.4 Å². The summed E-state index contributed by atoms with van der Waals surface area (Å²) in [5.41, 5.74) is 0.809. The normalized spacial score (nSPS) is 16.1. The van der Waals surface area contributed by atoms with E-state index in [-0.39, 0.29) is 11.6 Å². The Kier molecular flexibility index (Phi) is 3.42. The molecular weight excluding hydrogens is 261 g/mol. The molecule has 1 aliphatic rings. The molecule has 3 rings (SSSR count). The Morgan fingerprint density at radius 1 is 1.37 bits per heavy atom. The Morgan fingerprint density at radius 3 is 2.79 bits per heavy atom. The fourth-order valence-corrected chi connectivity index (χ4v) is 3.12. The summed E-state index contributed by atoms with van der Waals surface area (Å²) in [6.45, 7) is 0. The molecule has 1 atom stereocenters. The smallest absolute Gasteiger partial charge is 0.167 e. The van der Waals surface area contributed by atoms with Gasteiger partial charge < -0.3 is 10.1 Å². The van der Waals surface area contributed by atoms with Crippen molar-refractivity contribution in [2.45, 2.75) is 18.9 Å². The van der Waals surface area contributed by atoms with Crippen molar-refractivity contribution in [3.05, 3.63) is 46.4 Å². The Balaban J connectivity index is 1.80. The molecule has 1 unspecified atom stereocenters. The summed E-state index contributed by atoms with van der Waals surface area (Å²) < 4.78 is 18.6. The molecule has 0 spiro atoms. The monoisotopic (exact) mass is 277 g/mol. The van der Waals surface area contributed by atoms with Crippen LogP contribution in [-0.4, -0.2) is 7.11 Å². The van der Waals surface area contributed by atoms with E-state index in [4.69, 9.17) is 4.74 Å². The molecule has 0 aliphatic heterocycles. The van der Waals surface area contributed by atoms with Gasteiger partial charge >= 0.3 is 0 Å².